The molecule has 31 heavy (non-hydrogen) atoms. The Balaban J connectivity index is 2.46. The molecule has 0 spiro atoms. The molecule has 1 aromatic rings. The number of hydrogen-bond acceptors (Lipinski definition) is 5. The predicted molar refractivity (Wildman–Crippen MR) is 119 cm³/mol. The lowest BCUT2D eigenvalue weighted by Gasteiger charge is -2.33. The van der Waals surface area contributed by atoms with Gasteiger partial charge in [0.05, 0.1) is 17.9 Å². The molecule has 1 saturated heterocycles. The zero-order valence-electron chi connectivity index (χ0n) is 19.9. The summed E-state index contributed by atoms with van der Waals surface area (Å²) >= 11 is 0. The van der Waals surface area contributed by atoms with Gasteiger partial charge in [0.25, 0.3) is 0 Å². The maximum atomic E-state index is 13.8. The second-order valence-corrected chi connectivity index (χ2v) is 10.2. The van der Waals surface area contributed by atoms with Crippen molar-refractivity contribution in [2.45, 2.75) is 73.0 Å². The van der Waals surface area contributed by atoms with Gasteiger partial charge in [0.15, 0.2) is 0 Å². The highest BCUT2D eigenvalue weighted by molar-refractivity contribution is 5.97. The van der Waals surface area contributed by atoms with E-state index in [0.717, 1.165) is 5.56 Å². The second kappa shape index (κ2) is 10.3. The SMILES string of the molecule is CC(C)CC(C(=O)OC(C)(C)C)[C@@H](Cc1ccccc1)C(=O)N1C(=O)OC[C@@H]1C(C)C. The summed E-state index contributed by atoms with van der Waals surface area (Å²) < 4.78 is 10.9. The van der Waals surface area contributed by atoms with Crippen molar-refractivity contribution in [3.8, 4) is 0 Å². The Kier molecular flexibility index (Phi) is 8.27. The van der Waals surface area contributed by atoms with Gasteiger partial charge in [-0.25, -0.2) is 9.69 Å². The minimum absolute atomic E-state index is 0.0536. The van der Waals surface area contributed by atoms with Crippen molar-refractivity contribution in [2.75, 3.05) is 6.61 Å². The first-order chi connectivity index (χ1) is 14.4. The Labute approximate surface area is 186 Å². The molecule has 0 aliphatic carbocycles. The number of hydrogen-bond donors (Lipinski definition) is 0. The van der Waals surface area contributed by atoms with E-state index in [2.05, 4.69) is 0 Å². The van der Waals surface area contributed by atoms with Crippen LogP contribution in [-0.4, -0.2) is 41.1 Å². The highest BCUT2D eigenvalue weighted by Crippen LogP contribution is 2.32. The quantitative estimate of drug-likeness (QED) is 0.550. The summed E-state index contributed by atoms with van der Waals surface area (Å²) in [5.41, 5.74) is 0.270. The summed E-state index contributed by atoms with van der Waals surface area (Å²) in [6, 6.07) is 9.25. The maximum Gasteiger partial charge on any atom is 0.416 e. The average molecular weight is 432 g/mol. The summed E-state index contributed by atoms with van der Waals surface area (Å²) in [6.07, 6.45) is 0.215. The Bertz CT molecular complexity index is 766. The predicted octanol–water partition coefficient (Wildman–Crippen LogP) is 4.85. The van der Waals surface area contributed by atoms with Gasteiger partial charge in [-0.3, -0.25) is 9.59 Å². The minimum atomic E-state index is -0.716. The number of esters is 1. The minimum Gasteiger partial charge on any atom is -0.460 e. The molecule has 2 amide bonds. The van der Waals surface area contributed by atoms with E-state index in [1.54, 1.807) is 0 Å². The molecule has 2 rings (SSSR count). The van der Waals surface area contributed by atoms with Gasteiger partial charge in [0.1, 0.15) is 12.2 Å². The molecule has 1 aliphatic rings. The van der Waals surface area contributed by atoms with Crippen molar-refractivity contribution in [3.05, 3.63) is 35.9 Å². The summed E-state index contributed by atoms with van der Waals surface area (Å²) in [7, 11) is 0. The number of amides is 2. The van der Waals surface area contributed by atoms with Crippen molar-refractivity contribution in [2.24, 2.45) is 23.7 Å². The zero-order valence-corrected chi connectivity index (χ0v) is 19.9. The molecule has 0 N–H and O–H groups in total. The van der Waals surface area contributed by atoms with Crippen LogP contribution in [-0.2, 0) is 25.5 Å². The van der Waals surface area contributed by atoms with Crippen LogP contribution in [0.25, 0.3) is 0 Å². The van der Waals surface area contributed by atoms with Crippen LogP contribution in [0.15, 0.2) is 30.3 Å². The number of ether oxygens (including phenoxy) is 2. The summed E-state index contributed by atoms with van der Waals surface area (Å²) in [5.74, 6) is -1.90. The molecule has 6 nitrogen and oxygen atoms in total. The van der Waals surface area contributed by atoms with E-state index in [1.807, 2.05) is 78.8 Å². The molecule has 0 aromatic heterocycles. The van der Waals surface area contributed by atoms with Gasteiger partial charge in [0.2, 0.25) is 5.91 Å². The van der Waals surface area contributed by atoms with Gasteiger partial charge in [-0.15, -0.1) is 0 Å². The van der Waals surface area contributed by atoms with Crippen LogP contribution >= 0.6 is 0 Å². The molecular weight excluding hydrogens is 394 g/mol. The van der Waals surface area contributed by atoms with E-state index in [1.165, 1.54) is 4.90 Å². The Morgan fingerprint density at radius 1 is 1.10 bits per heavy atom. The lowest BCUT2D eigenvalue weighted by Crippen LogP contribution is -2.49. The molecule has 1 aromatic carbocycles. The molecule has 0 saturated carbocycles. The smallest absolute Gasteiger partial charge is 0.416 e. The third kappa shape index (κ3) is 6.81. The van der Waals surface area contributed by atoms with Crippen LogP contribution in [0.2, 0.25) is 0 Å². The van der Waals surface area contributed by atoms with Crippen LogP contribution < -0.4 is 0 Å². The first-order valence-corrected chi connectivity index (χ1v) is 11.2. The van der Waals surface area contributed by atoms with Gasteiger partial charge in [-0.2, -0.15) is 0 Å². The molecule has 1 unspecified atom stereocenters. The second-order valence-electron chi connectivity index (χ2n) is 10.2. The van der Waals surface area contributed by atoms with Crippen molar-refractivity contribution < 1.29 is 23.9 Å². The highest BCUT2D eigenvalue weighted by atomic mass is 16.6. The Hall–Kier alpha value is -2.37. The fourth-order valence-electron chi connectivity index (χ4n) is 3.94. The molecule has 1 aliphatic heterocycles. The van der Waals surface area contributed by atoms with Gasteiger partial charge in [-0.05, 0) is 51.0 Å². The average Bonchev–Trinajstić information content (AvgIpc) is 3.05. The summed E-state index contributed by atoms with van der Waals surface area (Å²) in [6.45, 7) is 13.6. The number of carbonyl (C=O) groups excluding carboxylic acids is 3. The standard InChI is InChI=1S/C25H37NO5/c1-16(2)13-20(23(28)31-25(5,6)7)19(14-18-11-9-8-10-12-18)22(27)26-21(17(3)4)15-30-24(26)29/h8-12,16-17,19-21H,13-15H2,1-7H3/t19-,20?,21-/m1/s1. The molecule has 0 radical (unpaired) electrons. The molecule has 0 bridgehead atoms. The van der Waals surface area contributed by atoms with E-state index in [9.17, 15) is 14.4 Å². The van der Waals surface area contributed by atoms with Crippen molar-refractivity contribution in [1.29, 1.82) is 0 Å². The van der Waals surface area contributed by atoms with E-state index in [0.29, 0.717) is 12.8 Å². The fourth-order valence-corrected chi connectivity index (χ4v) is 3.94. The zero-order chi connectivity index (χ0) is 23.3. The third-order valence-electron chi connectivity index (χ3n) is 5.45. The largest absolute Gasteiger partial charge is 0.460 e. The molecule has 6 heteroatoms. The van der Waals surface area contributed by atoms with Crippen LogP contribution in [0.4, 0.5) is 4.79 Å². The van der Waals surface area contributed by atoms with Gasteiger partial charge in [0, 0.05) is 0 Å². The number of benzene rings is 1. The van der Waals surface area contributed by atoms with Crippen molar-refractivity contribution in [3.63, 3.8) is 0 Å². The normalized spacial score (nSPS) is 18.8. The van der Waals surface area contributed by atoms with Gasteiger partial charge < -0.3 is 9.47 Å². The first kappa shape index (κ1) is 24.9. The number of imide groups is 1. The van der Waals surface area contributed by atoms with Crippen LogP contribution in [0.1, 0.15) is 60.5 Å². The first-order valence-electron chi connectivity index (χ1n) is 11.2. The monoisotopic (exact) mass is 431 g/mol. The lowest BCUT2D eigenvalue weighted by atomic mass is 9.80. The van der Waals surface area contributed by atoms with E-state index < -0.39 is 29.5 Å². The number of nitrogens with zero attached hydrogens (tertiary/aromatic N) is 1. The topological polar surface area (TPSA) is 72.9 Å². The third-order valence-corrected chi connectivity index (χ3v) is 5.45. The fraction of sp³-hybridized carbons (Fsp3) is 0.640. The van der Waals surface area contributed by atoms with Gasteiger partial charge in [-0.1, -0.05) is 58.0 Å². The van der Waals surface area contributed by atoms with E-state index in [-0.39, 0.29) is 30.4 Å². The molecule has 172 valence electrons. The Morgan fingerprint density at radius 3 is 2.23 bits per heavy atom. The summed E-state index contributed by atoms with van der Waals surface area (Å²) in [5, 5.41) is 0. The lowest BCUT2D eigenvalue weighted by molar-refractivity contribution is -0.165. The Morgan fingerprint density at radius 2 is 1.71 bits per heavy atom. The number of rotatable bonds is 8. The van der Waals surface area contributed by atoms with E-state index >= 15 is 0 Å². The molecule has 3 atom stereocenters. The van der Waals surface area contributed by atoms with Crippen molar-refractivity contribution in [1.82, 2.24) is 4.90 Å². The van der Waals surface area contributed by atoms with Crippen LogP contribution in [0.3, 0.4) is 0 Å². The van der Waals surface area contributed by atoms with Crippen LogP contribution in [0.5, 0.6) is 0 Å². The molecule has 1 heterocycles. The number of carbonyl (C=O) groups is 3. The van der Waals surface area contributed by atoms with Crippen molar-refractivity contribution >= 4 is 18.0 Å². The van der Waals surface area contributed by atoms with E-state index in [4.69, 9.17) is 9.47 Å². The summed E-state index contributed by atoms with van der Waals surface area (Å²) in [4.78, 5) is 40.7. The van der Waals surface area contributed by atoms with Crippen LogP contribution in [0, 0.1) is 23.7 Å². The number of cyclic esters (lactones) is 1. The highest BCUT2D eigenvalue weighted by Gasteiger charge is 2.46. The molecular formula is C25H37NO5. The van der Waals surface area contributed by atoms with Gasteiger partial charge >= 0.3 is 12.1 Å². The maximum absolute atomic E-state index is 13.8. The molecule has 1 fully saturated rings.